The van der Waals surface area contributed by atoms with Crippen molar-refractivity contribution in [2.24, 2.45) is 0 Å². The zero-order valence-corrected chi connectivity index (χ0v) is 14.3. The molecule has 0 saturated carbocycles. The number of pyridine rings is 1. The molecule has 26 heavy (non-hydrogen) atoms. The number of hydrogen-bond acceptors (Lipinski definition) is 3. The molecule has 0 unspecified atom stereocenters. The van der Waals surface area contributed by atoms with Crippen molar-refractivity contribution in [2.45, 2.75) is 4.90 Å². The van der Waals surface area contributed by atoms with Crippen LogP contribution in [0.3, 0.4) is 0 Å². The van der Waals surface area contributed by atoms with Gasteiger partial charge in [-0.1, -0.05) is 0 Å². The maximum Gasteiger partial charge on any atom is 0.505 e. The van der Waals surface area contributed by atoms with Crippen LogP contribution in [-0.2, 0) is 15.9 Å². The molecule has 0 saturated heterocycles. The minimum Gasteiger partial charge on any atom is -0.337 e. The highest BCUT2D eigenvalue weighted by atomic mass is 32.1. The van der Waals surface area contributed by atoms with Crippen molar-refractivity contribution in [2.75, 3.05) is 0 Å². The highest BCUT2D eigenvalue weighted by molar-refractivity contribution is 7.65. The Morgan fingerprint density at radius 2 is 1.46 bits per heavy atom. The number of rotatable bonds is 4. The van der Waals surface area contributed by atoms with Crippen LogP contribution >= 0.6 is 0 Å². The molecule has 126 valence electrons. The topological polar surface area (TPSA) is 58.6 Å². The summed E-state index contributed by atoms with van der Waals surface area (Å²) in [4.78, 5) is 12.8. The molecule has 0 spiro atoms. The lowest BCUT2D eigenvalue weighted by molar-refractivity contribution is 0.605. The van der Waals surface area contributed by atoms with Crippen LogP contribution in [0.4, 0.5) is 4.39 Å². The summed E-state index contributed by atoms with van der Waals surface area (Å²) in [6.45, 7) is 0. The largest absolute Gasteiger partial charge is 0.505 e. The van der Waals surface area contributed by atoms with E-state index in [4.69, 9.17) is 4.98 Å². The van der Waals surface area contributed by atoms with Gasteiger partial charge in [-0.15, -0.1) is 0 Å². The predicted molar refractivity (Wildman–Crippen MR) is 99.0 cm³/mol. The normalized spacial score (nSPS) is 10.7. The first-order valence-electron chi connectivity index (χ1n) is 7.91. The Hall–Kier alpha value is -3.25. The average molecular weight is 362 g/mol. The average Bonchev–Trinajstić information content (AvgIpc) is 3.15. The molecule has 0 aliphatic carbocycles. The van der Waals surface area contributed by atoms with Gasteiger partial charge >= 0.3 is 11.7 Å². The van der Waals surface area contributed by atoms with Gasteiger partial charge in [0, 0.05) is 45.4 Å². The standard InChI is InChI=1S/C20H13FN3OS/c21-16-5-1-13(2-6-16)18-19(14-9-11-22-12-10-14)24-20(23-18)15-3-7-17(26-25)8-4-15/h1-12H,(H,23,24)/q+1. The molecule has 4 aromatic rings. The maximum atomic E-state index is 13.3. The summed E-state index contributed by atoms with van der Waals surface area (Å²) in [7, 11) is 0. The minimum atomic E-state index is -0.291. The van der Waals surface area contributed by atoms with Crippen molar-refractivity contribution in [3.8, 4) is 33.9 Å². The van der Waals surface area contributed by atoms with Crippen molar-refractivity contribution < 1.29 is 8.60 Å². The SMILES string of the molecule is O=[S+]c1ccc(-c2nc(-c3ccc(F)cc3)c(-c3ccncc3)[nH]2)cc1. The summed E-state index contributed by atoms with van der Waals surface area (Å²) in [6, 6.07) is 17.3. The first-order chi connectivity index (χ1) is 12.7. The molecule has 0 aliphatic rings. The quantitative estimate of drug-likeness (QED) is 0.534. The molecule has 0 bridgehead atoms. The Kier molecular flexibility index (Phi) is 4.33. The molecule has 0 radical (unpaired) electrons. The number of hydrogen-bond donors (Lipinski definition) is 1. The predicted octanol–water partition coefficient (Wildman–Crippen LogP) is 4.73. The Bertz CT molecular complexity index is 1040. The molecular weight excluding hydrogens is 349 g/mol. The number of aromatic nitrogens is 3. The van der Waals surface area contributed by atoms with Crippen LogP contribution < -0.4 is 0 Å². The van der Waals surface area contributed by atoms with Crippen molar-refractivity contribution in [1.29, 1.82) is 0 Å². The van der Waals surface area contributed by atoms with Gasteiger partial charge in [-0.05, 0) is 48.5 Å². The zero-order valence-electron chi connectivity index (χ0n) is 13.5. The van der Waals surface area contributed by atoms with Gasteiger partial charge in [0.2, 0.25) is 0 Å². The number of aromatic amines is 1. The monoisotopic (exact) mass is 362 g/mol. The number of benzene rings is 2. The van der Waals surface area contributed by atoms with E-state index in [1.165, 1.54) is 12.1 Å². The molecule has 0 fully saturated rings. The van der Waals surface area contributed by atoms with Gasteiger partial charge < -0.3 is 4.98 Å². The second kappa shape index (κ2) is 6.93. The number of nitrogens with zero attached hydrogens (tertiary/aromatic N) is 2. The summed E-state index contributed by atoms with van der Waals surface area (Å²) in [5.74, 6) is 0.388. The molecule has 4 rings (SSSR count). The first kappa shape index (κ1) is 16.2. The van der Waals surface area contributed by atoms with Crippen molar-refractivity contribution in [3.63, 3.8) is 0 Å². The molecule has 2 aromatic carbocycles. The number of halogens is 1. The molecule has 1 N–H and O–H groups in total. The van der Waals surface area contributed by atoms with E-state index in [-0.39, 0.29) is 5.82 Å². The Labute approximate surface area is 153 Å². The lowest BCUT2D eigenvalue weighted by Crippen LogP contribution is -1.84. The van der Waals surface area contributed by atoms with Gasteiger partial charge in [0.15, 0.2) is 0 Å². The summed E-state index contributed by atoms with van der Waals surface area (Å²) in [5, 5.41) is 0. The van der Waals surface area contributed by atoms with Crippen LogP contribution in [0.1, 0.15) is 0 Å². The summed E-state index contributed by atoms with van der Waals surface area (Å²) in [5.41, 5.74) is 4.17. The second-order valence-electron chi connectivity index (χ2n) is 5.66. The third kappa shape index (κ3) is 3.14. The van der Waals surface area contributed by atoms with Gasteiger partial charge in [-0.2, -0.15) is 0 Å². The van der Waals surface area contributed by atoms with Crippen LogP contribution in [0.25, 0.3) is 33.9 Å². The highest BCUT2D eigenvalue weighted by Crippen LogP contribution is 2.32. The van der Waals surface area contributed by atoms with Gasteiger partial charge in [0.1, 0.15) is 11.6 Å². The van der Waals surface area contributed by atoms with Gasteiger partial charge in [-0.25, -0.2) is 9.37 Å². The van der Waals surface area contributed by atoms with E-state index in [1.807, 2.05) is 24.3 Å². The van der Waals surface area contributed by atoms with Crippen molar-refractivity contribution >= 4 is 11.7 Å². The van der Waals surface area contributed by atoms with E-state index in [0.717, 1.165) is 28.1 Å². The van der Waals surface area contributed by atoms with Crippen LogP contribution in [0.2, 0.25) is 0 Å². The highest BCUT2D eigenvalue weighted by Gasteiger charge is 2.16. The van der Waals surface area contributed by atoms with Gasteiger partial charge in [0.25, 0.3) is 4.90 Å². The molecular formula is C20H13FN3OS+. The fraction of sp³-hybridized carbons (Fsp3) is 0. The fourth-order valence-electron chi connectivity index (χ4n) is 2.72. The van der Waals surface area contributed by atoms with E-state index in [9.17, 15) is 8.60 Å². The summed E-state index contributed by atoms with van der Waals surface area (Å²) < 4.78 is 24.2. The third-order valence-electron chi connectivity index (χ3n) is 4.01. The maximum absolute atomic E-state index is 13.3. The Morgan fingerprint density at radius 1 is 0.808 bits per heavy atom. The lowest BCUT2D eigenvalue weighted by atomic mass is 10.1. The van der Waals surface area contributed by atoms with Crippen molar-refractivity contribution in [1.82, 2.24) is 15.0 Å². The smallest absolute Gasteiger partial charge is 0.337 e. The van der Waals surface area contributed by atoms with Crippen molar-refractivity contribution in [3.05, 3.63) is 78.9 Å². The Morgan fingerprint density at radius 3 is 2.12 bits per heavy atom. The van der Waals surface area contributed by atoms with E-state index >= 15 is 0 Å². The lowest BCUT2D eigenvalue weighted by Gasteiger charge is -2.02. The molecule has 4 nitrogen and oxygen atoms in total. The Balaban J connectivity index is 1.86. The molecule has 6 heteroatoms. The van der Waals surface area contributed by atoms with E-state index in [2.05, 4.69) is 9.97 Å². The van der Waals surface area contributed by atoms with Gasteiger partial charge in [0.05, 0.1) is 11.4 Å². The molecule has 0 atom stereocenters. The molecule has 2 heterocycles. The van der Waals surface area contributed by atoms with Crippen LogP contribution in [0.5, 0.6) is 0 Å². The fourth-order valence-corrected chi connectivity index (χ4v) is 2.97. The zero-order chi connectivity index (χ0) is 17.9. The summed E-state index contributed by atoms with van der Waals surface area (Å²) >= 11 is 0.453. The minimum absolute atomic E-state index is 0.291. The third-order valence-corrected chi connectivity index (χ3v) is 4.48. The number of imidazole rings is 1. The molecule has 0 aliphatic heterocycles. The molecule has 0 amide bonds. The number of nitrogens with one attached hydrogen (secondary N) is 1. The van der Waals surface area contributed by atoms with E-state index < -0.39 is 0 Å². The van der Waals surface area contributed by atoms with E-state index in [1.54, 1.807) is 36.7 Å². The van der Waals surface area contributed by atoms with Crippen LogP contribution in [0.15, 0.2) is 78.0 Å². The van der Waals surface area contributed by atoms with Crippen LogP contribution in [-0.4, -0.2) is 15.0 Å². The first-order valence-corrected chi connectivity index (χ1v) is 8.65. The second-order valence-corrected chi connectivity index (χ2v) is 6.30. The summed E-state index contributed by atoms with van der Waals surface area (Å²) in [6.07, 6.45) is 3.43. The van der Waals surface area contributed by atoms with Gasteiger partial charge in [-0.3, -0.25) is 4.98 Å². The van der Waals surface area contributed by atoms with E-state index in [0.29, 0.717) is 22.4 Å². The van der Waals surface area contributed by atoms with Crippen LogP contribution in [0, 0.1) is 5.82 Å². The number of H-pyrrole nitrogens is 1. The molecule has 2 aromatic heterocycles.